The second-order valence-electron chi connectivity index (χ2n) is 18.8. The van der Waals surface area contributed by atoms with Crippen molar-refractivity contribution in [2.24, 2.45) is 7.05 Å². The van der Waals surface area contributed by atoms with Crippen LogP contribution in [0.5, 0.6) is 11.5 Å². The van der Waals surface area contributed by atoms with Crippen molar-refractivity contribution in [1.29, 1.82) is 0 Å². The molecule has 0 unspecified atom stereocenters. The number of fused-ring (bicyclic) bond motifs is 1. The third-order valence-corrected chi connectivity index (χ3v) is 10.7. The number of β-amino-alcohol motifs (C(OH)–C–C–N with tert-alkyl or cyclic N) is 1. The Hall–Kier alpha value is -5.85. The third-order valence-electron chi connectivity index (χ3n) is 10.7. The summed E-state index contributed by atoms with van der Waals surface area (Å²) in [6.07, 6.45) is -3.22. The van der Waals surface area contributed by atoms with Gasteiger partial charge >= 0.3 is 18.4 Å². The molecular weight excluding hydrogens is 927 g/mol. The molecule has 70 heavy (non-hydrogen) atoms. The van der Waals surface area contributed by atoms with Gasteiger partial charge in [-0.25, -0.2) is 23.9 Å². The van der Waals surface area contributed by atoms with Crippen molar-refractivity contribution in [1.82, 2.24) is 34.6 Å². The van der Waals surface area contributed by atoms with Gasteiger partial charge in [0.15, 0.2) is 0 Å². The average Bonchev–Trinajstić information content (AvgIpc) is 3.50. The number of aromatic nitrogens is 3. The highest BCUT2D eigenvalue weighted by Gasteiger charge is 2.35. The summed E-state index contributed by atoms with van der Waals surface area (Å²) < 4.78 is 86.4. The van der Waals surface area contributed by atoms with Gasteiger partial charge in [-0.2, -0.15) is 13.2 Å². The van der Waals surface area contributed by atoms with E-state index in [1.807, 2.05) is 46.4 Å². The molecule has 8 rings (SSSR count). The highest BCUT2D eigenvalue weighted by atomic mass is 19.4. The third kappa shape index (κ3) is 16.6. The number of nitrogens with zero attached hydrogens (tertiary/aromatic N) is 6. The number of halogens is 4. The predicted octanol–water partition coefficient (Wildman–Crippen LogP) is 6.39. The van der Waals surface area contributed by atoms with Gasteiger partial charge in [-0.3, -0.25) is 9.69 Å². The number of amides is 3. The maximum Gasteiger partial charge on any atom is 0.416 e. The van der Waals surface area contributed by atoms with Gasteiger partial charge in [0.05, 0.1) is 79.4 Å². The van der Waals surface area contributed by atoms with Crippen LogP contribution in [0.4, 0.5) is 44.6 Å². The van der Waals surface area contributed by atoms with Gasteiger partial charge < -0.3 is 63.8 Å². The lowest BCUT2D eigenvalue weighted by Gasteiger charge is -2.38. The number of nitrogens with one attached hydrogen (secondary N) is 3. The van der Waals surface area contributed by atoms with Crippen molar-refractivity contribution in [2.75, 3.05) is 90.9 Å². The van der Waals surface area contributed by atoms with Crippen LogP contribution in [0, 0.1) is 5.82 Å². The Kier molecular flexibility index (Phi) is 18.8. The molecule has 23 heteroatoms. The SMILES string of the molecule is CC(C)(C)OC(=O)N1CC(O)C1.COC1CN(C(=O)OC(C)(C)C)C1.COC1CN(CC(=O)Nc2cc(Oc3ccc4c(c3)nc(Nc3cc(C(F)(F)F)ccc3F)n4C)ccn2)C1.COC1CNC1. The zero-order valence-electron chi connectivity index (χ0n) is 41.2. The fourth-order valence-electron chi connectivity index (χ4n) is 6.56. The summed E-state index contributed by atoms with van der Waals surface area (Å²) >= 11 is 0. The highest BCUT2D eigenvalue weighted by Crippen LogP contribution is 2.34. The zero-order chi connectivity index (χ0) is 51.6. The fourth-order valence-corrected chi connectivity index (χ4v) is 6.56. The number of likely N-dealkylation sites (tertiary alicyclic amines) is 3. The normalized spacial score (nSPS) is 16.6. The van der Waals surface area contributed by atoms with Gasteiger partial charge in [0.2, 0.25) is 11.9 Å². The second-order valence-corrected chi connectivity index (χ2v) is 18.8. The van der Waals surface area contributed by atoms with Gasteiger partial charge in [-0.05, 0) is 77.9 Å². The molecule has 0 aliphatic carbocycles. The Bertz CT molecular complexity index is 2370. The number of rotatable bonds is 10. The van der Waals surface area contributed by atoms with Crippen LogP contribution in [0.25, 0.3) is 11.0 Å². The minimum absolute atomic E-state index is 0.147. The van der Waals surface area contributed by atoms with Crippen molar-refractivity contribution in [2.45, 2.75) is 83.3 Å². The Labute approximate surface area is 404 Å². The van der Waals surface area contributed by atoms with Crippen LogP contribution < -0.4 is 20.7 Å². The predicted molar refractivity (Wildman–Crippen MR) is 252 cm³/mol. The van der Waals surface area contributed by atoms with E-state index in [-0.39, 0.29) is 54.6 Å². The summed E-state index contributed by atoms with van der Waals surface area (Å²) in [5.41, 5.74) is -1.07. The van der Waals surface area contributed by atoms with Crippen LogP contribution in [-0.4, -0.2) is 168 Å². The molecule has 4 saturated heterocycles. The monoisotopic (exact) mass is 991 g/mol. The number of methoxy groups -OCH3 is 3. The molecule has 0 radical (unpaired) electrons. The lowest BCUT2D eigenvalue weighted by atomic mass is 10.2. The molecule has 0 bridgehead atoms. The summed E-state index contributed by atoms with van der Waals surface area (Å²) in [5.74, 6) is 0.267. The molecule has 2 aromatic carbocycles. The maximum absolute atomic E-state index is 14.2. The maximum atomic E-state index is 14.2. The number of hydrogen-bond acceptors (Lipinski definition) is 15. The fraction of sp³-hybridized carbons (Fsp3) is 0.553. The van der Waals surface area contributed by atoms with Crippen LogP contribution >= 0.6 is 0 Å². The number of hydrogen-bond donors (Lipinski definition) is 4. The van der Waals surface area contributed by atoms with Crippen LogP contribution in [0.15, 0.2) is 54.7 Å². The van der Waals surface area contributed by atoms with Gasteiger partial charge in [0.25, 0.3) is 0 Å². The van der Waals surface area contributed by atoms with E-state index in [2.05, 4.69) is 25.9 Å². The van der Waals surface area contributed by atoms with Crippen LogP contribution in [-0.2, 0) is 41.7 Å². The molecule has 2 aromatic heterocycles. The first-order chi connectivity index (χ1) is 32.8. The number of anilines is 3. The van der Waals surface area contributed by atoms with Crippen LogP contribution in [0.3, 0.4) is 0 Å². The molecule has 4 aliphatic rings. The molecule has 6 heterocycles. The van der Waals surface area contributed by atoms with Crippen molar-refractivity contribution >= 4 is 46.6 Å². The highest BCUT2D eigenvalue weighted by molar-refractivity contribution is 5.91. The number of pyridine rings is 1. The number of carbonyl (C=O) groups excluding carboxylic acids is 3. The summed E-state index contributed by atoms with van der Waals surface area (Å²) in [6, 6.07) is 10.4. The lowest BCUT2D eigenvalue weighted by molar-refractivity contribution is -0.137. The molecule has 4 aromatic rings. The molecule has 4 N–H and O–H groups in total. The molecule has 0 atom stereocenters. The van der Waals surface area contributed by atoms with Gasteiger partial charge in [-0.15, -0.1) is 0 Å². The van der Waals surface area contributed by atoms with Crippen molar-refractivity contribution in [3.8, 4) is 11.5 Å². The van der Waals surface area contributed by atoms with E-state index >= 15 is 0 Å². The molecule has 3 amide bonds. The Morgan fingerprint density at radius 1 is 0.771 bits per heavy atom. The van der Waals surface area contributed by atoms with E-state index in [4.69, 9.17) is 33.5 Å². The van der Waals surface area contributed by atoms with Crippen molar-refractivity contribution in [3.63, 3.8) is 0 Å². The first-order valence-corrected chi connectivity index (χ1v) is 22.5. The molecule has 19 nitrogen and oxygen atoms in total. The van der Waals surface area contributed by atoms with E-state index in [1.54, 1.807) is 68.2 Å². The number of benzene rings is 2. The van der Waals surface area contributed by atoms with Crippen LogP contribution in [0.2, 0.25) is 0 Å². The summed E-state index contributed by atoms with van der Waals surface area (Å²) in [6.45, 7) is 16.8. The minimum Gasteiger partial charge on any atom is -0.457 e. The second kappa shape index (κ2) is 23.8. The summed E-state index contributed by atoms with van der Waals surface area (Å²) in [5, 5.41) is 17.4. The van der Waals surface area contributed by atoms with Crippen LogP contribution in [0.1, 0.15) is 47.1 Å². The summed E-state index contributed by atoms with van der Waals surface area (Å²) in [7, 11) is 6.68. The molecular formula is C47H65F4N9O10. The minimum atomic E-state index is -4.61. The van der Waals surface area contributed by atoms with E-state index < -0.39 is 28.8 Å². The van der Waals surface area contributed by atoms with E-state index in [0.29, 0.717) is 85.9 Å². The van der Waals surface area contributed by atoms with Crippen molar-refractivity contribution in [3.05, 3.63) is 66.1 Å². The topological polar surface area (TPSA) is 203 Å². The van der Waals surface area contributed by atoms with E-state index in [0.717, 1.165) is 19.2 Å². The molecule has 4 fully saturated rings. The number of aliphatic hydroxyl groups is 1. The van der Waals surface area contributed by atoms with Gasteiger partial charge in [0.1, 0.15) is 34.3 Å². The Morgan fingerprint density at radius 3 is 1.86 bits per heavy atom. The molecule has 4 aliphatic heterocycles. The Balaban J connectivity index is 0.000000236. The number of ether oxygens (including phenoxy) is 6. The number of aryl methyl sites for hydroxylation is 1. The average molecular weight is 992 g/mol. The quantitative estimate of drug-likeness (QED) is 0.127. The Morgan fingerprint density at radius 2 is 1.34 bits per heavy atom. The standard InChI is InChI=1S/C26H24F4N6O3.C9H17NO3.C8H15NO3.C4H9NO/c1-35-22-6-4-16(10-21(22)33-25(35)32-20-9-15(26(28,29)30)3-5-19(20)27)39-17-7-8-31-23(11-17)34-24(37)14-36-12-18(13-36)38-2;1-9(2,3)13-8(11)10-5-7(6-10)12-4;1-8(2,3)12-7(11)9-4-6(10)5-9;1-6-4-2-5-3-4/h3-11,18H,12-14H2,1-2H3,(H,32,33)(H,31,34,37);7H,5-6H2,1-4H3;6,10H,4-5H2,1-3H3;4-5H,2-3H2,1H3. The smallest absolute Gasteiger partial charge is 0.416 e. The number of carbonyl (C=O) groups is 3. The largest absolute Gasteiger partial charge is 0.457 e. The first kappa shape index (κ1) is 55.1. The zero-order valence-corrected chi connectivity index (χ0v) is 41.2. The van der Waals surface area contributed by atoms with Gasteiger partial charge in [-0.1, -0.05) is 0 Å². The van der Waals surface area contributed by atoms with E-state index in [9.17, 15) is 31.9 Å². The first-order valence-electron chi connectivity index (χ1n) is 22.5. The summed E-state index contributed by atoms with van der Waals surface area (Å²) in [4.78, 5) is 48.5. The molecule has 386 valence electrons. The lowest BCUT2D eigenvalue weighted by Crippen LogP contribution is -2.55. The van der Waals surface area contributed by atoms with Crippen molar-refractivity contribution < 1.29 is 65.5 Å². The molecule has 0 spiro atoms. The number of imidazole rings is 1. The van der Waals surface area contributed by atoms with E-state index in [1.165, 1.54) is 11.1 Å². The number of aliphatic hydroxyl groups excluding tert-OH is 1. The van der Waals surface area contributed by atoms with Gasteiger partial charge in [0, 0.05) is 72.9 Å². The number of alkyl halides is 3. The molecule has 0 saturated carbocycles.